The topological polar surface area (TPSA) is 70.7 Å². The number of nitrogens with zero attached hydrogens (tertiary/aromatic N) is 2. The zero-order valence-corrected chi connectivity index (χ0v) is 10.2. The van der Waals surface area contributed by atoms with Gasteiger partial charge in [-0.05, 0) is 31.5 Å². The van der Waals surface area contributed by atoms with Crippen LogP contribution < -0.4 is 5.32 Å². The van der Waals surface area contributed by atoms with Crippen LogP contribution in [0.5, 0.6) is 0 Å². The van der Waals surface area contributed by atoms with Crippen molar-refractivity contribution in [2.24, 2.45) is 0 Å². The summed E-state index contributed by atoms with van der Waals surface area (Å²) in [6.07, 6.45) is 0. The van der Waals surface area contributed by atoms with Crippen molar-refractivity contribution in [3.63, 3.8) is 0 Å². The molecule has 6 heteroatoms. The summed E-state index contributed by atoms with van der Waals surface area (Å²) in [4.78, 5) is 11.9. The average Bonchev–Trinajstić information content (AvgIpc) is 2.71. The minimum Gasteiger partial charge on any atom is -0.320 e. The van der Waals surface area contributed by atoms with Gasteiger partial charge >= 0.3 is 0 Å². The largest absolute Gasteiger partial charge is 0.320 e. The predicted molar refractivity (Wildman–Crippen MR) is 65.3 cm³/mol. The maximum Gasteiger partial charge on any atom is 0.278 e. The molecule has 1 aromatic carbocycles. The van der Waals surface area contributed by atoms with Gasteiger partial charge in [0.05, 0.1) is 5.69 Å². The molecule has 0 spiro atoms. The zero-order chi connectivity index (χ0) is 12.4. The highest BCUT2D eigenvalue weighted by Crippen LogP contribution is 2.23. The molecular weight excluding hydrogens is 240 g/mol. The Balaban J connectivity index is 2.25. The van der Waals surface area contributed by atoms with E-state index >= 15 is 0 Å². The van der Waals surface area contributed by atoms with Gasteiger partial charge in [0, 0.05) is 10.7 Å². The third-order valence-electron chi connectivity index (χ3n) is 2.45. The van der Waals surface area contributed by atoms with E-state index in [1.54, 1.807) is 25.1 Å². The van der Waals surface area contributed by atoms with Crippen LogP contribution in [0, 0.1) is 13.8 Å². The van der Waals surface area contributed by atoms with Crippen molar-refractivity contribution in [2.75, 3.05) is 5.32 Å². The molecule has 0 radical (unpaired) electrons. The van der Waals surface area contributed by atoms with Crippen LogP contribution in [0.3, 0.4) is 0 Å². The monoisotopic (exact) mass is 250 g/mol. The van der Waals surface area contributed by atoms with Crippen LogP contribution in [0.2, 0.25) is 5.02 Å². The number of anilines is 1. The first-order valence-corrected chi connectivity index (χ1v) is 5.41. The summed E-state index contributed by atoms with van der Waals surface area (Å²) in [7, 11) is 0. The van der Waals surface area contributed by atoms with Crippen LogP contribution in [0.15, 0.2) is 18.2 Å². The van der Waals surface area contributed by atoms with E-state index < -0.39 is 0 Å². The van der Waals surface area contributed by atoms with Gasteiger partial charge in [0.2, 0.25) is 0 Å². The number of benzene rings is 1. The fraction of sp³-hybridized carbons (Fsp3) is 0.182. The summed E-state index contributed by atoms with van der Waals surface area (Å²) in [5.41, 5.74) is 2.33. The van der Waals surface area contributed by atoms with E-state index in [9.17, 15) is 4.79 Å². The smallest absolute Gasteiger partial charge is 0.278 e. The van der Waals surface area contributed by atoms with Gasteiger partial charge in [0.15, 0.2) is 5.69 Å². The molecule has 5 nitrogen and oxygen atoms in total. The van der Waals surface area contributed by atoms with Gasteiger partial charge in [-0.15, -0.1) is 0 Å². The number of hydrogen-bond donors (Lipinski definition) is 2. The van der Waals surface area contributed by atoms with E-state index in [4.69, 9.17) is 11.6 Å². The molecule has 0 aliphatic rings. The molecule has 88 valence electrons. The number of carbonyl (C=O) groups excluding carboxylic acids is 1. The number of amides is 1. The Kier molecular flexibility index (Phi) is 3.10. The molecule has 0 atom stereocenters. The van der Waals surface area contributed by atoms with Crippen LogP contribution in [-0.4, -0.2) is 21.3 Å². The minimum absolute atomic E-state index is 0.282. The molecule has 0 unspecified atom stereocenters. The summed E-state index contributed by atoms with van der Waals surface area (Å²) in [5, 5.41) is 13.3. The second-order valence-corrected chi connectivity index (χ2v) is 4.03. The molecule has 0 saturated heterocycles. The van der Waals surface area contributed by atoms with Gasteiger partial charge in [0.25, 0.3) is 5.91 Å². The Morgan fingerprint density at radius 1 is 1.35 bits per heavy atom. The Labute approximate surface area is 103 Å². The molecule has 0 aliphatic heterocycles. The Bertz CT molecular complexity index is 564. The van der Waals surface area contributed by atoms with E-state index in [1.807, 2.05) is 6.92 Å². The lowest BCUT2D eigenvalue weighted by Gasteiger charge is -2.08. The average molecular weight is 251 g/mol. The van der Waals surface area contributed by atoms with Crippen molar-refractivity contribution in [1.29, 1.82) is 0 Å². The Morgan fingerprint density at radius 3 is 2.76 bits per heavy atom. The number of carbonyl (C=O) groups is 1. The first kappa shape index (κ1) is 11.6. The lowest BCUT2D eigenvalue weighted by Crippen LogP contribution is -2.14. The molecular formula is C11H11ClN4O. The number of halogens is 1. The van der Waals surface area contributed by atoms with Crippen LogP contribution in [0.4, 0.5) is 5.69 Å². The molecule has 17 heavy (non-hydrogen) atoms. The van der Waals surface area contributed by atoms with Gasteiger partial charge in [0.1, 0.15) is 0 Å². The van der Waals surface area contributed by atoms with Crippen LogP contribution >= 0.6 is 11.6 Å². The molecule has 1 amide bonds. The van der Waals surface area contributed by atoms with Crippen LogP contribution in [-0.2, 0) is 0 Å². The molecule has 1 aromatic heterocycles. The first-order chi connectivity index (χ1) is 8.09. The zero-order valence-electron chi connectivity index (χ0n) is 9.41. The van der Waals surface area contributed by atoms with Crippen LogP contribution in [0.25, 0.3) is 0 Å². The second kappa shape index (κ2) is 4.55. The molecule has 2 rings (SSSR count). The maximum absolute atomic E-state index is 11.9. The van der Waals surface area contributed by atoms with Crippen molar-refractivity contribution in [1.82, 2.24) is 15.4 Å². The molecule has 2 aromatic rings. The van der Waals surface area contributed by atoms with E-state index in [0.29, 0.717) is 16.4 Å². The summed E-state index contributed by atoms with van der Waals surface area (Å²) >= 11 is 5.97. The number of aryl methyl sites for hydroxylation is 1. The number of nitrogens with one attached hydrogen (secondary N) is 2. The fourth-order valence-corrected chi connectivity index (χ4v) is 1.60. The molecule has 0 aliphatic carbocycles. The quantitative estimate of drug-likeness (QED) is 0.859. The van der Waals surface area contributed by atoms with Gasteiger partial charge in [-0.3, -0.25) is 4.79 Å². The number of H-pyrrole nitrogens is 1. The summed E-state index contributed by atoms with van der Waals surface area (Å²) in [6, 6.07) is 5.34. The highest BCUT2D eigenvalue weighted by molar-refractivity contribution is 6.31. The lowest BCUT2D eigenvalue weighted by atomic mass is 10.2. The van der Waals surface area contributed by atoms with E-state index in [0.717, 1.165) is 5.56 Å². The Hall–Kier alpha value is -1.88. The van der Waals surface area contributed by atoms with Gasteiger partial charge in [-0.25, -0.2) is 0 Å². The van der Waals surface area contributed by atoms with Crippen molar-refractivity contribution < 1.29 is 4.79 Å². The highest BCUT2D eigenvalue weighted by atomic mass is 35.5. The number of aromatic nitrogens is 3. The number of hydrogen-bond acceptors (Lipinski definition) is 3. The summed E-state index contributed by atoms with van der Waals surface area (Å²) < 4.78 is 0. The van der Waals surface area contributed by atoms with Gasteiger partial charge in [-0.1, -0.05) is 17.7 Å². The predicted octanol–water partition coefficient (Wildman–Crippen LogP) is 2.33. The molecule has 2 N–H and O–H groups in total. The number of aromatic amines is 1. The van der Waals surface area contributed by atoms with Gasteiger partial charge in [-0.2, -0.15) is 15.4 Å². The van der Waals surface area contributed by atoms with Crippen molar-refractivity contribution in [2.45, 2.75) is 13.8 Å². The standard InChI is InChI=1S/C11H11ClN4O/c1-6-8(12)4-3-5-9(6)13-11(17)10-7(2)14-16-15-10/h3-5H,1-2H3,(H,13,17)(H,14,15,16). The van der Waals surface area contributed by atoms with E-state index in [2.05, 4.69) is 20.7 Å². The van der Waals surface area contributed by atoms with E-state index in [1.165, 1.54) is 0 Å². The lowest BCUT2D eigenvalue weighted by molar-refractivity contribution is 0.102. The molecule has 0 saturated carbocycles. The summed E-state index contributed by atoms with van der Waals surface area (Å²) in [5.74, 6) is -0.304. The highest BCUT2D eigenvalue weighted by Gasteiger charge is 2.14. The van der Waals surface area contributed by atoms with Crippen molar-refractivity contribution >= 4 is 23.2 Å². The summed E-state index contributed by atoms with van der Waals surface area (Å²) in [6.45, 7) is 3.55. The normalized spacial score (nSPS) is 10.3. The third-order valence-corrected chi connectivity index (χ3v) is 2.86. The maximum atomic E-state index is 11.9. The second-order valence-electron chi connectivity index (χ2n) is 3.62. The molecule has 1 heterocycles. The fourth-order valence-electron chi connectivity index (χ4n) is 1.42. The van der Waals surface area contributed by atoms with Gasteiger partial charge < -0.3 is 5.32 Å². The SMILES string of the molecule is Cc1n[nH]nc1C(=O)Nc1cccc(Cl)c1C. The minimum atomic E-state index is -0.304. The van der Waals surface area contributed by atoms with Crippen molar-refractivity contribution in [3.8, 4) is 0 Å². The number of rotatable bonds is 2. The third kappa shape index (κ3) is 2.29. The Morgan fingerprint density at radius 2 is 2.12 bits per heavy atom. The molecule has 0 bridgehead atoms. The van der Waals surface area contributed by atoms with Crippen LogP contribution in [0.1, 0.15) is 21.7 Å². The van der Waals surface area contributed by atoms with E-state index in [-0.39, 0.29) is 11.6 Å². The molecule has 0 fully saturated rings. The first-order valence-electron chi connectivity index (χ1n) is 5.03. The van der Waals surface area contributed by atoms with Crippen molar-refractivity contribution in [3.05, 3.63) is 40.2 Å².